The molecule has 0 aromatic heterocycles. The number of piperidine rings is 1. The van der Waals surface area contributed by atoms with Gasteiger partial charge in [0.25, 0.3) is 0 Å². The molecular weight excluding hydrogens is 348 g/mol. The molecule has 6 heteroatoms. The Hall–Kier alpha value is -1.66. The smallest absolute Gasteiger partial charge is 0.244 e. The molecule has 3 aliphatic heterocycles. The molecule has 1 N–H and O–H groups in total. The standard InChI is InChI=1S/C20H26N2O3S/c23-20(4-2-15-1-3-18-19(11-15)25-14-24-18)21-12-16-5-8-22(9-6-16)17-7-10-26-13-17/h1-4,11,16-17H,5-10,12-14H2,(H,21,23). The molecule has 5 nitrogen and oxygen atoms in total. The van der Waals surface area contributed by atoms with Crippen molar-refractivity contribution in [3.05, 3.63) is 29.8 Å². The lowest BCUT2D eigenvalue weighted by molar-refractivity contribution is -0.116. The monoisotopic (exact) mass is 374 g/mol. The summed E-state index contributed by atoms with van der Waals surface area (Å²) in [6, 6.07) is 6.48. The van der Waals surface area contributed by atoms with E-state index in [0.29, 0.717) is 5.92 Å². The van der Waals surface area contributed by atoms with Crippen molar-refractivity contribution in [3.8, 4) is 11.5 Å². The van der Waals surface area contributed by atoms with Crippen LogP contribution < -0.4 is 14.8 Å². The second-order valence-electron chi connectivity index (χ2n) is 7.19. The van der Waals surface area contributed by atoms with Crippen molar-refractivity contribution < 1.29 is 14.3 Å². The van der Waals surface area contributed by atoms with Gasteiger partial charge in [0.15, 0.2) is 11.5 Å². The Labute approximate surface area is 159 Å². The van der Waals surface area contributed by atoms with Gasteiger partial charge in [0.2, 0.25) is 12.7 Å². The molecule has 2 saturated heterocycles. The van der Waals surface area contributed by atoms with Crippen LogP contribution in [0.3, 0.4) is 0 Å². The van der Waals surface area contributed by atoms with Crippen LogP contribution in [0.2, 0.25) is 0 Å². The minimum absolute atomic E-state index is 0.0303. The number of hydrogen-bond donors (Lipinski definition) is 1. The summed E-state index contributed by atoms with van der Waals surface area (Å²) >= 11 is 2.08. The number of amides is 1. The first-order chi connectivity index (χ1) is 12.8. The van der Waals surface area contributed by atoms with Gasteiger partial charge in [0.1, 0.15) is 0 Å². The van der Waals surface area contributed by atoms with E-state index < -0.39 is 0 Å². The number of hydrogen-bond acceptors (Lipinski definition) is 5. The third-order valence-corrected chi connectivity index (χ3v) is 6.60. The highest BCUT2D eigenvalue weighted by Gasteiger charge is 2.27. The average Bonchev–Trinajstić information content (AvgIpc) is 3.36. The highest BCUT2D eigenvalue weighted by molar-refractivity contribution is 7.99. The first-order valence-electron chi connectivity index (χ1n) is 9.45. The number of rotatable bonds is 5. The van der Waals surface area contributed by atoms with Gasteiger partial charge in [0, 0.05) is 24.4 Å². The molecule has 4 rings (SSSR count). The molecule has 1 amide bonds. The van der Waals surface area contributed by atoms with Crippen molar-refractivity contribution in [1.29, 1.82) is 0 Å². The van der Waals surface area contributed by atoms with Crippen LogP contribution in [0, 0.1) is 5.92 Å². The van der Waals surface area contributed by atoms with Gasteiger partial charge in [-0.15, -0.1) is 0 Å². The topological polar surface area (TPSA) is 50.8 Å². The first-order valence-corrected chi connectivity index (χ1v) is 10.6. The van der Waals surface area contributed by atoms with Crippen molar-refractivity contribution in [2.75, 3.05) is 37.9 Å². The van der Waals surface area contributed by atoms with E-state index in [1.54, 1.807) is 6.08 Å². The molecule has 0 aliphatic carbocycles. The molecule has 1 unspecified atom stereocenters. The molecule has 3 aliphatic rings. The number of fused-ring (bicyclic) bond motifs is 1. The van der Waals surface area contributed by atoms with E-state index in [9.17, 15) is 4.79 Å². The minimum atomic E-state index is -0.0303. The van der Waals surface area contributed by atoms with Crippen molar-refractivity contribution in [2.45, 2.75) is 25.3 Å². The second-order valence-corrected chi connectivity index (χ2v) is 8.34. The van der Waals surface area contributed by atoms with Crippen molar-refractivity contribution in [2.24, 2.45) is 5.92 Å². The SMILES string of the molecule is O=C(C=Cc1ccc2c(c1)OCO2)NCC1CCN(C2CCSC2)CC1. The fourth-order valence-corrected chi connectivity index (χ4v) is 5.08. The van der Waals surface area contributed by atoms with Crippen molar-refractivity contribution in [1.82, 2.24) is 10.2 Å². The molecule has 1 aromatic rings. The molecule has 0 spiro atoms. The van der Waals surface area contributed by atoms with Gasteiger partial charge in [-0.2, -0.15) is 11.8 Å². The summed E-state index contributed by atoms with van der Waals surface area (Å²) < 4.78 is 10.7. The number of nitrogens with one attached hydrogen (secondary N) is 1. The van der Waals surface area contributed by atoms with E-state index in [4.69, 9.17) is 9.47 Å². The van der Waals surface area contributed by atoms with Gasteiger partial charge in [-0.1, -0.05) is 6.07 Å². The largest absolute Gasteiger partial charge is 0.454 e. The molecule has 1 aromatic carbocycles. The fraction of sp³-hybridized carbons (Fsp3) is 0.550. The molecule has 0 radical (unpaired) electrons. The molecule has 2 fully saturated rings. The van der Waals surface area contributed by atoms with E-state index in [-0.39, 0.29) is 12.7 Å². The Morgan fingerprint density at radius 1 is 1.23 bits per heavy atom. The maximum absolute atomic E-state index is 12.1. The van der Waals surface area contributed by atoms with Crippen LogP contribution in [0.15, 0.2) is 24.3 Å². The van der Waals surface area contributed by atoms with Crippen LogP contribution in [0.5, 0.6) is 11.5 Å². The van der Waals surface area contributed by atoms with E-state index in [0.717, 1.165) is 29.6 Å². The number of benzene rings is 1. The first kappa shape index (κ1) is 17.7. The summed E-state index contributed by atoms with van der Waals surface area (Å²) in [7, 11) is 0. The molecule has 0 bridgehead atoms. The molecule has 3 heterocycles. The van der Waals surface area contributed by atoms with Gasteiger partial charge in [-0.25, -0.2) is 0 Å². The summed E-state index contributed by atoms with van der Waals surface area (Å²) in [6.45, 7) is 3.40. The van der Waals surface area contributed by atoms with Gasteiger partial charge in [0.05, 0.1) is 0 Å². The predicted octanol–water partition coefficient (Wildman–Crippen LogP) is 2.76. The van der Waals surface area contributed by atoms with Crippen LogP contribution in [-0.2, 0) is 4.79 Å². The zero-order chi connectivity index (χ0) is 17.8. The molecule has 140 valence electrons. The number of carbonyl (C=O) groups is 1. The summed E-state index contributed by atoms with van der Waals surface area (Å²) in [5.41, 5.74) is 0.937. The Morgan fingerprint density at radius 2 is 2.08 bits per heavy atom. The maximum Gasteiger partial charge on any atom is 0.244 e. The lowest BCUT2D eigenvalue weighted by Gasteiger charge is -2.35. The van der Waals surface area contributed by atoms with Crippen LogP contribution in [0.25, 0.3) is 6.08 Å². The van der Waals surface area contributed by atoms with E-state index >= 15 is 0 Å². The third kappa shape index (κ3) is 4.35. The van der Waals surface area contributed by atoms with Gasteiger partial charge < -0.3 is 14.8 Å². The van der Waals surface area contributed by atoms with Crippen molar-refractivity contribution in [3.63, 3.8) is 0 Å². The van der Waals surface area contributed by atoms with Gasteiger partial charge in [-0.05, 0) is 67.8 Å². The zero-order valence-electron chi connectivity index (χ0n) is 15.0. The van der Waals surface area contributed by atoms with Crippen LogP contribution in [-0.4, -0.2) is 54.8 Å². The highest BCUT2D eigenvalue weighted by atomic mass is 32.2. The van der Waals surface area contributed by atoms with Crippen LogP contribution in [0.1, 0.15) is 24.8 Å². The number of carbonyl (C=O) groups excluding carboxylic acids is 1. The van der Waals surface area contributed by atoms with E-state index in [2.05, 4.69) is 22.0 Å². The Bertz CT molecular complexity index is 665. The van der Waals surface area contributed by atoms with Crippen LogP contribution in [0.4, 0.5) is 0 Å². The summed E-state index contributed by atoms with van der Waals surface area (Å²) in [4.78, 5) is 14.7. The number of likely N-dealkylation sites (tertiary alicyclic amines) is 1. The zero-order valence-corrected chi connectivity index (χ0v) is 15.8. The normalized spacial score (nSPS) is 23.6. The summed E-state index contributed by atoms with van der Waals surface area (Å²) in [6.07, 6.45) is 7.14. The Kier molecular flexibility index (Phi) is 5.70. The van der Waals surface area contributed by atoms with Gasteiger partial charge in [-0.3, -0.25) is 9.69 Å². The average molecular weight is 375 g/mol. The summed E-state index contributed by atoms with van der Waals surface area (Å²) in [5, 5.41) is 3.06. The molecule has 26 heavy (non-hydrogen) atoms. The van der Waals surface area contributed by atoms with Gasteiger partial charge >= 0.3 is 0 Å². The maximum atomic E-state index is 12.1. The minimum Gasteiger partial charge on any atom is -0.454 e. The number of thioether (sulfide) groups is 1. The quantitative estimate of drug-likeness (QED) is 0.803. The van der Waals surface area contributed by atoms with E-state index in [1.807, 2.05) is 24.3 Å². The molecule has 1 atom stereocenters. The number of nitrogens with zero attached hydrogens (tertiary/aromatic N) is 1. The van der Waals surface area contributed by atoms with Crippen molar-refractivity contribution >= 4 is 23.7 Å². The molecule has 0 saturated carbocycles. The summed E-state index contributed by atoms with van der Waals surface area (Å²) in [5.74, 6) is 4.68. The second kappa shape index (κ2) is 8.35. The third-order valence-electron chi connectivity index (χ3n) is 5.46. The fourth-order valence-electron chi connectivity index (χ4n) is 3.82. The van der Waals surface area contributed by atoms with E-state index in [1.165, 1.54) is 43.9 Å². The highest BCUT2D eigenvalue weighted by Crippen LogP contribution is 2.32. The Morgan fingerprint density at radius 3 is 2.88 bits per heavy atom. The molecular formula is C20H26N2O3S. The number of ether oxygens (including phenoxy) is 2. The van der Waals surface area contributed by atoms with Crippen LogP contribution >= 0.6 is 11.8 Å². The predicted molar refractivity (Wildman–Crippen MR) is 105 cm³/mol. The Balaban J connectivity index is 1.19. The lowest BCUT2D eigenvalue weighted by Crippen LogP contribution is -2.43. The lowest BCUT2D eigenvalue weighted by atomic mass is 9.95.